The summed E-state index contributed by atoms with van der Waals surface area (Å²) >= 11 is 0. The molecule has 0 radical (unpaired) electrons. The molecular weight excluding hydrogens is 416 g/mol. The van der Waals surface area contributed by atoms with Crippen molar-refractivity contribution in [1.82, 2.24) is 19.6 Å². The van der Waals surface area contributed by atoms with Gasteiger partial charge in [0.15, 0.2) is 0 Å². The molecule has 33 heavy (non-hydrogen) atoms. The van der Waals surface area contributed by atoms with E-state index in [2.05, 4.69) is 21.6 Å². The van der Waals surface area contributed by atoms with Gasteiger partial charge in [0.05, 0.1) is 18.8 Å². The van der Waals surface area contributed by atoms with E-state index in [9.17, 15) is 9.59 Å². The first-order valence-corrected chi connectivity index (χ1v) is 13.8. The van der Waals surface area contributed by atoms with Crippen LogP contribution >= 0.6 is 0 Å². The Morgan fingerprint density at radius 2 is 1.24 bits per heavy atom. The highest BCUT2D eigenvalue weighted by atomic mass is 16.5. The average Bonchev–Trinajstić information content (AvgIpc) is 2.86. The number of carbonyl (C=O) groups is 2. The second-order valence-corrected chi connectivity index (χ2v) is 10.7. The maximum absolute atomic E-state index is 12.7. The smallest absolute Gasteiger partial charge is 0.236 e. The third-order valence-electron chi connectivity index (χ3n) is 8.43. The summed E-state index contributed by atoms with van der Waals surface area (Å²) in [5.74, 6) is 1.28. The van der Waals surface area contributed by atoms with E-state index in [1.807, 2.05) is 4.90 Å². The van der Waals surface area contributed by atoms with Gasteiger partial charge in [0.1, 0.15) is 0 Å². The molecule has 4 fully saturated rings. The van der Waals surface area contributed by atoms with Crippen LogP contribution in [0, 0.1) is 5.92 Å². The van der Waals surface area contributed by atoms with Crippen molar-refractivity contribution < 1.29 is 14.3 Å². The molecule has 0 N–H and O–H groups in total. The molecule has 3 aliphatic heterocycles. The van der Waals surface area contributed by atoms with Crippen molar-refractivity contribution in [2.45, 2.75) is 83.3 Å². The molecule has 4 aliphatic rings. The molecular formula is C26H46N4O3. The van der Waals surface area contributed by atoms with E-state index < -0.39 is 0 Å². The standard InChI is InChI=1S/C26H46N4O3/c1-2-27-16-18-30(19-17-27)26(32)21-28-12-8-23(9-13-28)33-24-10-14-29(15-11-24)25(31)20-22-6-4-3-5-7-22/h22-24H,2-21H2,1H3. The summed E-state index contributed by atoms with van der Waals surface area (Å²) in [5.41, 5.74) is 0. The highest BCUT2D eigenvalue weighted by Crippen LogP contribution is 2.28. The molecule has 0 unspecified atom stereocenters. The van der Waals surface area contributed by atoms with E-state index in [0.29, 0.717) is 24.5 Å². The number of piperidine rings is 2. The summed E-state index contributed by atoms with van der Waals surface area (Å²) in [4.78, 5) is 34.2. The Hall–Kier alpha value is -1.18. The van der Waals surface area contributed by atoms with Crippen molar-refractivity contribution in [3.05, 3.63) is 0 Å². The third kappa shape index (κ3) is 7.40. The van der Waals surface area contributed by atoms with E-state index in [-0.39, 0.29) is 12.0 Å². The van der Waals surface area contributed by atoms with E-state index in [0.717, 1.165) is 91.0 Å². The number of nitrogens with zero attached hydrogens (tertiary/aromatic N) is 4. The molecule has 0 spiro atoms. The number of ether oxygens (including phenoxy) is 1. The number of amides is 2. The second-order valence-electron chi connectivity index (χ2n) is 10.7. The van der Waals surface area contributed by atoms with E-state index in [1.165, 1.54) is 32.1 Å². The fourth-order valence-corrected chi connectivity index (χ4v) is 6.09. The number of hydrogen-bond acceptors (Lipinski definition) is 5. The highest BCUT2D eigenvalue weighted by Gasteiger charge is 2.30. The van der Waals surface area contributed by atoms with Gasteiger partial charge >= 0.3 is 0 Å². The minimum atomic E-state index is 0.287. The first-order chi connectivity index (χ1) is 16.1. The molecule has 0 bridgehead atoms. The van der Waals surface area contributed by atoms with Crippen LogP contribution in [0.4, 0.5) is 0 Å². The Morgan fingerprint density at radius 1 is 0.667 bits per heavy atom. The summed E-state index contributed by atoms with van der Waals surface area (Å²) < 4.78 is 6.44. The summed E-state index contributed by atoms with van der Waals surface area (Å²) in [5, 5.41) is 0. The van der Waals surface area contributed by atoms with Crippen LogP contribution in [-0.4, -0.2) is 109 Å². The molecule has 188 valence electrons. The first-order valence-electron chi connectivity index (χ1n) is 13.8. The highest BCUT2D eigenvalue weighted by molar-refractivity contribution is 5.78. The minimum absolute atomic E-state index is 0.287. The van der Waals surface area contributed by atoms with E-state index in [4.69, 9.17) is 4.74 Å². The average molecular weight is 463 g/mol. The predicted molar refractivity (Wildman–Crippen MR) is 130 cm³/mol. The normalized spacial score (nSPS) is 25.5. The van der Waals surface area contributed by atoms with Crippen LogP contribution in [0.25, 0.3) is 0 Å². The molecule has 0 atom stereocenters. The lowest BCUT2D eigenvalue weighted by Crippen LogP contribution is -2.52. The van der Waals surface area contributed by atoms with Crippen molar-refractivity contribution in [3.8, 4) is 0 Å². The minimum Gasteiger partial charge on any atom is -0.375 e. The van der Waals surface area contributed by atoms with Gasteiger partial charge in [0.2, 0.25) is 11.8 Å². The molecule has 7 nitrogen and oxygen atoms in total. The zero-order valence-electron chi connectivity index (χ0n) is 20.9. The predicted octanol–water partition coefficient (Wildman–Crippen LogP) is 2.59. The lowest BCUT2D eigenvalue weighted by molar-refractivity contribution is -0.138. The van der Waals surface area contributed by atoms with Gasteiger partial charge in [-0.25, -0.2) is 0 Å². The number of rotatable bonds is 7. The Labute approximate surface area is 200 Å². The van der Waals surface area contributed by atoms with Crippen LogP contribution in [-0.2, 0) is 14.3 Å². The SMILES string of the molecule is CCN1CCN(C(=O)CN2CCC(OC3CCN(C(=O)CC4CCCCC4)CC3)CC2)CC1. The fourth-order valence-electron chi connectivity index (χ4n) is 6.09. The van der Waals surface area contributed by atoms with Gasteiger partial charge < -0.3 is 19.4 Å². The Bertz CT molecular complexity index is 615. The van der Waals surface area contributed by atoms with Crippen LogP contribution in [0.3, 0.4) is 0 Å². The Kier molecular flexibility index (Phi) is 9.44. The molecule has 7 heteroatoms. The van der Waals surface area contributed by atoms with Crippen molar-refractivity contribution >= 4 is 11.8 Å². The summed E-state index contributed by atoms with van der Waals surface area (Å²) in [6, 6.07) is 0. The molecule has 3 heterocycles. The topological polar surface area (TPSA) is 56.3 Å². The monoisotopic (exact) mass is 462 g/mol. The van der Waals surface area contributed by atoms with Gasteiger partial charge in [-0.05, 0) is 51.0 Å². The fraction of sp³-hybridized carbons (Fsp3) is 0.923. The van der Waals surface area contributed by atoms with Crippen LogP contribution in [0.15, 0.2) is 0 Å². The zero-order chi connectivity index (χ0) is 23.0. The first kappa shape index (κ1) is 24.9. The molecule has 0 aromatic heterocycles. The number of hydrogen-bond donors (Lipinski definition) is 0. The summed E-state index contributed by atoms with van der Waals surface area (Å²) in [7, 11) is 0. The third-order valence-corrected chi connectivity index (χ3v) is 8.43. The summed E-state index contributed by atoms with van der Waals surface area (Å²) in [6.07, 6.45) is 11.8. The molecule has 1 saturated carbocycles. The number of carbonyl (C=O) groups excluding carboxylic acids is 2. The molecule has 0 aromatic carbocycles. The maximum atomic E-state index is 12.7. The second kappa shape index (κ2) is 12.5. The van der Waals surface area contributed by atoms with E-state index in [1.54, 1.807) is 0 Å². The van der Waals surface area contributed by atoms with Gasteiger partial charge in [-0.1, -0.05) is 26.2 Å². The Morgan fingerprint density at radius 3 is 1.85 bits per heavy atom. The zero-order valence-corrected chi connectivity index (χ0v) is 20.9. The largest absolute Gasteiger partial charge is 0.375 e. The molecule has 1 aliphatic carbocycles. The van der Waals surface area contributed by atoms with Crippen molar-refractivity contribution in [3.63, 3.8) is 0 Å². The van der Waals surface area contributed by atoms with Crippen LogP contribution < -0.4 is 0 Å². The van der Waals surface area contributed by atoms with Crippen molar-refractivity contribution in [2.75, 3.05) is 65.4 Å². The molecule has 2 amide bonds. The van der Waals surface area contributed by atoms with Crippen LogP contribution in [0.1, 0.15) is 71.1 Å². The van der Waals surface area contributed by atoms with Crippen molar-refractivity contribution in [2.24, 2.45) is 5.92 Å². The van der Waals surface area contributed by atoms with Gasteiger partial charge in [-0.15, -0.1) is 0 Å². The molecule has 4 rings (SSSR count). The maximum Gasteiger partial charge on any atom is 0.236 e. The van der Waals surface area contributed by atoms with Gasteiger partial charge in [-0.3, -0.25) is 14.5 Å². The van der Waals surface area contributed by atoms with Gasteiger partial charge in [0, 0.05) is 58.8 Å². The lowest BCUT2D eigenvalue weighted by atomic mass is 9.86. The molecule has 3 saturated heterocycles. The summed E-state index contributed by atoms with van der Waals surface area (Å²) in [6.45, 7) is 11.2. The molecule has 0 aromatic rings. The van der Waals surface area contributed by atoms with E-state index >= 15 is 0 Å². The van der Waals surface area contributed by atoms with Crippen LogP contribution in [0.5, 0.6) is 0 Å². The number of likely N-dealkylation sites (N-methyl/N-ethyl adjacent to an activating group) is 1. The van der Waals surface area contributed by atoms with Gasteiger partial charge in [0.25, 0.3) is 0 Å². The lowest BCUT2D eigenvalue weighted by Gasteiger charge is -2.38. The quantitative estimate of drug-likeness (QED) is 0.582. The number of piperazine rings is 1. The Balaban J connectivity index is 1.09. The number of likely N-dealkylation sites (tertiary alicyclic amines) is 2. The van der Waals surface area contributed by atoms with Crippen LogP contribution in [0.2, 0.25) is 0 Å². The van der Waals surface area contributed by atoms with Crippen molar-refractivity contribution in [1.29, 1.82) is 0 Å². The van der Waals surface area contributed by atoms with Gasteiger partial charge in [-0.2, -0.15) is 0 Å².